The summed E-state index contributed by atoms with van der Waals surface area (Å²) in [4.78, 5) is 28.4. The normalized spacial score (nSPS) is 15.8. The summed E-state index contributed by atoms with van der Waals surface area (Å²) in [5, 5.41) is 0.736. The second-order valence-electron chi connectivity index (χ2n) is 6.35. The molecule has 0 spiro atoms. The Kier molecular flexibility index (Phi) is 6.01. The smallest absolute Gasteiger partial charge is 0.340 e. The molecule has 0 aliphatic carbocycles. The highest BCUT2D eigenvalue weighted by atomic mass is 35.5. The van der Waals surface area contributed by atoms with Gasteiger partial charge in [-0.05, 0) is 31.0 Å². The zero-order valence-corrected chi connectivity index (χ0v) is 17.0. The number of nitrogens with two attached hydrogens (primary N) is 1. The number of aromatic amines is 1. The fraction of sp³-hybridized carbons (Fsp3) is 0.300. The molecule has 1 aliphatic heterocycles. The van der Waals surface area contributed by atoms with Gasteiger partial charge < -0.3 is 20.2 Å². The molecule has 3 rings (SSSR count). The van der Waals surface area contributed by atoms with Crippen LogP contribution in [-0.4, -0.2) is 17.6 Å². The fourth-order valence-electron chi connectivity index (χ4n) is 3.29. The molecule has 28 heavy (non-hydrogen) atoms. The van der Waals surface area contributed by atoms with Gasteiger partial charge in [0.25, 0.3) is 5.56 Å². The van der Waals surface area contributed by atoms with Crippen LogP contribution in [0.3, 0.4) is 0 Å². The molecule has 1 aromatic carbocycles. The highest BCUT2D eigenvalue weighted by Crippen LogP contribution is 2.43. The number of nitrogens with one attached hydrogen (secondary N) is 1. The number of carbonyl (C=O) groups excluding carboxylic acids is 1. The molecule has 2 aromatic rings. The Hall–Kier alpha value is -2.44. The first-order valence-corrected chi connectivity index (χ1v) is 9.68. The van der Waals surface area contributed by atoms with Crippen molar-refractivity contribution >= 4 is 29.2 Å². The Bertz CT molecular complexity index is 1010. The molecule has 3 N–H and O–H groups in total. The number of pyridine rings is 1. The lowest BCUT2D eigenvalue weighted by Crippen LogP contribution is -2.32. The van der Waals surface area contributed by atoms with Crippen LogP contribution >= 0.6 is 23.2 Å². The van der Waals surface area contributed by atoms with Gasteiger partial charge >= 0.3 is 5.97 Å². The molecule has 0 saturated carbocycles. The summed E-state index contributed by atoms with van der Waals surface area (Å²) in [6.45, 7) is 3.83. The molecule has 8 heteroatoms. The summed E-state index contributed by atoms with van der Waals surface area (Å²) in [5.41, 5.74) is 7.23. The third kappa shape index (κ3) is 3.75. The Balaban J connectivity index is 2.27. The second-order valence-corrected chi connectivity index (χ2v) is 7.19. The van der Waals surface area contributed by atoms with Crippen molar-refractivity contribution < 1.29 is 14.3 Å². The van der Waals surface area contributed by atoms with Gasteiger partial charge in [-0.3, -0.25) is 4.79 Å². The number of esters is 1. The predicted molar refractivity (Wildman–Crippen MR) is 108 cm³/mol. The number of aromatic nitrogens is 1. The van der Waals surface area contributed by atoms with Gasteiger partial charge in [-0.1, -0.05) is 42.6 Å². The molecule has 148 valence electrons. The molecule has 1 aromatic heterocycles. The van der Waals surface area contributed by atoms with E-state index in [1.165, 1.54) is 0 Å². The van der Waals surface area contributed by atoms with Crippen LogP contribution in [0.15, 0.2) is 40.5 Å². The van der Waals surface area contributed by atoms with Crippen molar-refractivity contribution in [3.05, 3.63) is 72.9 Å². The molecule has 1 atom stereocenters. The first-order chi connectivity index (χ1) is 13.4. The maximum Gasteiger partial charge on any atom is 0.340 e. The van der Waals surface area contributed by atoms with Crippen LogP contribution in [0.1, 0.15) is 43.0 Å². The fourth-order valence-corrected chi connectivity index (χ4v) is 3.81. The SMILES string of the molecule is CCCc1cc2c(c(=O)[nH]1)C(c1ccc(Cl)cc1Cl)C(C(=O)OCC)=C(N)O2. The van der Waals surface area contributed by atoms with Crippen molar-refractivity contribution in [2.24, 2.45) is 5.73 Å². The molecular formula is C20H20Cl2N2O4. The van der Waals surface area contributed by atoms with Gasteiger partial charge in [-0.15, -0.1) is 0 Å². The standard InChI is InChI=1S/C20H20Cl2N2O4/c1-3-5-11-9-14-16(19(25)24-11)15(12-7-6-10(21)8-13(12)22)17(18(23)28-14)20(26)27-4-2/h6-9,15H,3-5,23H2,1-2H3,(H,24,25). The van der Waals surface area contributed by atoms with E-state index in [0.717, 1.165) is 12.1 Å². The number of hydrogen-bond donors (Lipinski definition) is 2. The van der Waals surface area contributed by atoms with Crippen LogP contribution in [0.4, 0.5) is 0 Å². The highest BCUT2D eigenvalue weighted by Gasteiger charge is 2.38. The molecule has 0 fully saturated rings. The molecular weight excluding hydrogens is 403 g/mol. The quantitative estimate of drug-likeness (QED) is 0.712. The van der Waals surface area contributed by atoms with Crippen molar-refractivity contribution in [3.63, 3.8) is 0 Å². The van der Waals surface area contributed by atoms with E-state index >= 15 is 0 Å². The molecule has 6 nitrogen and oxygen atoms in total. The number of fused-ring (bicyclic) bond motifs is 1. The summed E-state index contributed by atoms with van der Waals surface area (Å²) in [6, 6.07) is 6.57. The third-order valence-corrected chi connectivity index (χ3v) is 5.00. The molecule has 0 saturated heterocycles. The largest absolute Gasteiger partial charge is 0.462 e. The van der Waals surface area contributed by atoms with E-state index in [1.807, 2.05) is 6.92 Å². The van der Waals surface area contributed by atoms with E-state index in [0.29, 0.717) is 27.8 Å². The van der Waals surface area contributed by atoms with E-state index in [4.69, 9.17) is 38.4 Å². The van der Waals surface area contributed by atoms with E-state index < -0.39 is 11.9 Å². The maximum absolute atomic E-state index is 12.9. The van der Waals surface area contributed by atoms with Gasteiger partial charge in [0.15, 0.2) is 0 Å². The average molecular weight is 423 g/mol. The summed E-state index contributed by atoms with van der Waals surface area (Å²) < 4.78 is 10.8. The van der Waals surface area contributed by atoms with Crippen LogP contribution in [0.5, 0.6) is 5.75 Å². The van der Waals surface area contributed by atoms with E-state index in [1.54, 1.807) is 31.2 Å². The van der Waals surface area contributed by atoms with Crippen molar-refractivity contribution in [1.82, 2.24) is 4.98 Å². The van der Waals surface area contributed by atoms with Gasteiger partial charge in [0.05, 0.1) is 18.1 Å². The molecule has 1 aliphatic rings. The van der Waals surface area contributed by atoms with Crippen molar-refractivity contribution in [2.45, 2.75) is 32.6 Å². The number of halogens is 2. The van der Waals surface area contributed by atoms with E-state index in [2.05, 4.69) is 4.98 Å². The zero-order chi connectivity index (χ0) is 20.4. The minimum absolute atomic E-state index is 0.0345. The minimum atomic E-state index is -0.841. The number of benzene rings is 1. The van der Waals surface area contributed by atoms with Crippen molar-refractivity contribution in [1.29, 1.82) is 0 Å². The van der Waals surface area contributed by atoms with Crippen LogP contribution in [-0.2, 0) is 16.0 Å². The zero-order valence-electron chi connectivity index (χ0n) is 15.5. The summed E-state index contributed by atoms with van der Waals surface area (Å²) in [7, 11) is 0. The maximum atomic E-state index is 12.9. The van der Waals surface area contributed by atoms with Gasteiger partial charge in [0, 0.05) is 21.8 Å². The van der Waals surface area contributed by atoms with Gasteiger partial charge in [0.2, 0.25) is 5.88 Å². The number of aryl methyl sites for hydroxylation is 1. The lowest BCUT2D eigenvalue weighted by molar-refractivity contribution is -0.139. The Labute approximate surface area is 172 Å². The molecule has 1 unspecified atom stereocenters. The predicted octanol–water partition coefficient (Wildman–Crippen LogP) is 3.89. The number of hydrogen-bond acceptors (Lipinski definition) is 5. The molecule has 0 radical (unpaired) electrons. The van der Waals surface area contributed by atoms with E-state index in [-0.39, 0.29) is 29.2 Å². The Morgan fingerprint density at radius 1 is 1.29 bits per heavy atom. The first kappa shape index (κ1) is 20.3. The Morgan fingerprint density at radius 2 is 2.04 bits per heavy atom. The topological polar surface area (TPSA) is 94.4 Å². The number of H-pyrrole nitrogens is 1. The monoisotopic (exact) mass is 422 g/mol. The van der Waals surface area contributed by atoms with Crippen molar-refractivity contribution in [2.75, 3.05) is 6.61 Å². The van der Waals surface area contributed by atoms with E-state index in [9.17, 15) is 9.59 Å². The number of carbonyl (C=O) groups is 1. The summed E-state index contributed by atoms with van der Waals surface area (Å²) >= 11 is 12.4. The van der Waals surface area contributed by atoms with Crippen molar-refractivity contribution in [3.8, 4) is 5.75 Å². The summed E-state index contributed by atoms with van der Waals surface area (Å²) in [6.07, 6.45) is 1.52. The Morgan fingerprint density at radius 3 is 2.68 bits per heavy atom. The van der Waals surface area contributed by atoms with Crippen LogP contribution < -0.4 is 16.0 Å². The lowest BCUT2D eigenvalue weighted by Gasteiger charge is -2.28. The first-order valence-electron chi connectivity index (χ1n) is 8.93. The van der Waals surface area contributed by atoms with Crippen LogP contribution in [0, 0.1) is 0 Å². The van der Waals surface area contributed by atoms with Gasteiger partial charge in [-0.25, -0.2) is 4.79 Å². The number of ether oxygens (including phenoxy) is 2. The average Bonchev–Trinajstić information content (AvgIpc) is 2.61. The minimum Gasteiger partial charge on any atom is -0.462 e. The van der Waals surface area contributed by atoms with Gasteiger partial charge in [0.1, 0.15) is 11.3 Å². The van der Waals surface area contributed by atoms with Crippen LogP contribution in [0.2, 0.25) is 10.0 Å². The van der Waals surface area contributed by atoms with Gasteiger partial charge in [-0.2, -0.15) is 0 Å². The second kappa shape index (κ2) is 8.29. The number of rotatable bonds is 5. The molecule has 0 amide bonds. The molecule has 0 bridgehead atoms. The lowest BCUT2D eigenvalue weighted by atomic mass is 9.83. The molecule has 2 heterocycles. The summed E-state index contributed by atoms with van der Waals surface area (Å²) in [5.74, 6) is -1.32. The van der Waals surface area contributed by atoms with Crippen LogP contribution in [0.25, 0.3) is 0 Å². The highest BCUT2D eigenvalue weighted by molar-refractivity contribution is 6.35. The third-order valence-electron chi connectivity index (χ3n) is 4.44.